The zero-order valence-electron chi connectivity index (χ0n) is 12.6. The molecule has 0 aliphatic rings. The molecule has 0 radical (unpaired) electrons. The summed E-state index contributed by atoms with van der Waals surface area (Å²) in [6.07, 6.45) is 2.36. The van der Waals surface area contributed by atoms with Crippen LogP contribution in [0.1, 0.15) is 39.9 Å². The molecule has 1 N–H and O–H groups in total. The summed E-state index contributed by atoms with van der Waals surface area (Å²) in [6.45, 7) is 7.49. The third-order valence-corrected chi connectivity index (χ3v) is 3.43. The Kier molecular flexibility index (Phi) is 5.80. The minimum absolute atomic E-state index is 0.0610. The van der Waals surface area contributed by atoms with Crippen LogP contribution in [0.5, 0.6) is 0 Å². The lowest BCUT2D eigenvalue weighted by molar-refractivity contribution is -0.154. The van der Waals surface area contributed by atoms with Gasteiger partial charge >= 0.3 is 5.97 Å². The number of aryl methyl sites for hydroxylation is 1. The van der Waals surface area contributed by atoms with Gasteiger partial charge in [-0.2, -0.15) is 0 Å². The van der Waals surface area contributed by atoms with E-state index >= 15 is 0 Å². The zero-order valence-corrected chi connectivity index (χ0v) is 12.6. The van der Waals surface area contributed by atoms with Crippen molar-refractivity contribution in [2.24, 2.45) is 5.92 Å². The second-order valence-electron chi connectivity index (χ2n) is 5.21. The monoisotopic (exact) mass is 281 g/mol. The molecule has 1 atom stereocenters. The van der Waals surface area contributed by atoms with E-state index in [1.807, 2.05) is 19.9 Å². The van der Waals surface area contributed by atoms with Crippen LogP contribution in [0.25, 0.3) is 0 Å². The maximum absolute atomic E-state index is 12.0. The quantitative estimate of drug-likeness (QED) is 0.779. The van der Waals surface area contributed by atoms with Crippen molar-refractivity contribution in [3.8, 4) is 0 Å². The summed E-state index contributed by atoms with van der Waals surface area (Å²) in [5, 5.41) is 2.78. The van der Waals surface area contributed by atoms with Crippen LogP contribution in [-0.2, 0) is 20.7 Å². The van der Waals surface area contributed by atoms with Crippen LogP contribution in [-0.4, -0.2) is 24.0 Å². The van der Waals surface area contributed by atoms with Crippen molar-refractivity contribution in [1.82, 2.24) is 5.32 Å². The van der Waals surface area contributed by atoms with Gasteiger partial charge in [-0.05, 0) is 31.9 Å². The molecule has 0 aliphatic carbocycles. The molecule has 5 nitrogen and oxygen atoms in total. The van der Waals surface area contributed by atoms with Gasteiger partial charge in [-0.1, -0.05) is 13.8 Å². The Labute approximate surface area is 119 Å². The minimum Gasteiger partial charge on any atom is -0.469 e. The van der Waals surface area contributed by atoms with Crippen LogP contribution in [0.15, 0.2) is 22.8 Å². The fourth-order valence-electron chi connectivity index (χ4n) is 1.76. The first kappa shape index (κ1) is 16.3. The Morgan fingerprint density at radius 1 is 1.45 bits per heavy atom. The summed E-state index contributed by atoms with van der Waals surface area (Å²) >= 11 is 0. The van der Waals surface area contributed by atoms with E-state index in [0.717, 1.165) is 5.76 Å². The van der Waals surface area contributed by atoms with Gasteiger partial charge in [-0.15, -0.1) is 0 Å². The number of nitrogens with one attached hydrogen (secondary N) is 1. The maximum atomic E-state index is 12.0. The van der Waals surface area contributed by atoms with E-state index < -0.39 is 11.5 Å². The van der Waals surface area contributed by atoms with Crippen LogP contribution in [0.2, 0.25) is 0 Å². The number of rotatable bonds is 7. The smallest absolute Gasteiger partial charge is 0.331 e. The SMILES string of the molecule is CCOC(=O)[C@@](C)(NC(=O)CCc1ccco1)C(C)C. The molecule has 5 heteroatoms. The van der Waals surface area contributed by atoms with Crippen LogP contribution in [0.4, 0.5) is 0 Å². The lowest BCUT2D eigenvalue weighted by atomic mass is 9.88. The average Bonchev–Trinajstić information content (AvgIpc) is 2.89. The molecule has 0 aromatic carbocycles. The Hall–Kier alpha value is -1.78. The van der Waals surface area contributed by atoms with Gasteiger partial charge in [0.15, 0.2) is 0 Å². The van der Waals surface area contributed by atoms with Crippen molar-refractivity contribution < 1.29 is 18.7 Å². The molecule has 1 heterocycles. The van der Waals surface area contributed by atoms with E-state index in [9.17, 15) is 9.59 Å². The summed E-state index contributed by atoms with van der Waals surface area (Å²) in [4.78, 5) is 24.0. The number of esters is 1. The van der Waals surface area contributed by atoms with Crippen LogP contribution in [0.3, 0.4) is 0 Å². The summed E-state index contributed by atoms with van der Waals surface area (Å²) in [5.41, 5.74) is -1.00. The lowest BCUT2D eigenvalue weighted by Gasteiger charge is -2.32. The Morgan fingerprint density at radius 2 is 2.15 bits per heavy atom. The van der Waals surface area contributed by atoms with Crippen molar-refractivity contribution in [2.75, 3.05) is 6.61 Å². The van der Waals surface area contributed by atoms with Crippen molar-refractivity contribution in [3.05, 3.63) is 24.2 Å². The normalized spacial score (nSPS) is 13.8. The van der Waals surface area contributed by atoms with Gasteiger partial charge in [0.25, 0.3) is 0 Å². The van der Waals surface area contributed by atoms with Gasteiger partial charge in [0.2, 0.25) is 5.91 Å². The zero-order chi connectivity index (χ0) is 15.2. The maximum Gasteiger partial charge on any atom is 0.331 e. The first-order valence-electron chi connectivity index (χ1n) is 6.90. The predicted octanol–water partition coefficient (Wildman–Crippen LogP) is 2.31. The van der Waals surface area contributed by atoms with Gasteiger partial charge in [0, 0.05) is 12.8 Å². The number of furan rings is 1. The van der Waals surface area contributed by atoms with E-state index in [1.165, 1.54) is 0 Å². The molecule has 1 aromatic heterocycles. The summed E-state index contributed by atoms with van der Waals surface area (Å²) in [5.74, 6) is 0.101. The first-order chi connectivity index (χ1) is 9.40. The number of carbonyl (C=O) groups excluding carboxylic acids is 2. The fourth-order valence-corrected chi connectivity index (χ4v) is 1.76. The van der Waals surface area contributed by atoms with Gasteiger partial charge in [0.1, 0.15) is 11.3 Å². The highest BCUT2D eigenvalue weighted by molar-refractivity contribution is 5.88. The van der Waals surface area contributed by atoms with E-state index in [4.69, 9.17) is 9.15 Å². The highest BCUT2D eigenvalue weighted by atomic mass is 16.5. The van der Waals surface area contributed by atoms with Crippen molar-refractivity contribution in [1.29, 1.82) is 0 Å². The number of carbonyl (C=O) groups is 2. The van der Waals surface area contributed by atoms with E-state index in [0.29, 0.717) is 13.0 Å². The average molecular weight is 281 g/mol. The molecule has 1 amide bonds. The van der Waals surface area contributed by atoms with Crippen LogP contribution < -0.4 is 5.32 Å². The first-order valence-corrected chi connectivity index (χ1v) is 6.90. The topological polar surface area (TPSA) is 68.5 Å². The molecule has 1 rings (SSSR count). The molecular weight excluding hydrogens is 258 g/mol. The van der Waals surface area contributed by atoms with E-state index in [1.54, 1.807) is 26.2 Å². The molecule has 0 aliphatic heterocycles. The Bertz CT molecular complexity index is 439. The Balaban J connectivity index is 2.60. The Morgan fingerprint density at radius 3 is 2.65 bits per heavy atom. The van der Waals surface area contributed by atoms with Crippen LogP contribution >= 0.6 is 0 Å². The summed E-state index contributed by atoms with van der Waals surface area (Å²) in [7, 11) is 0. The predicted molar refractivity (Wildman–Crippen MR) is 75.0 cm³/mol. The number of amides is 1. The number of hydrogen-bond acceptors (Lipinski definition) is 4. The molecule has 1 aromatic rings. The van der Waals surface area contributed by atoms with E-state index in [-0.39, 0.29) is 18.2 Å². The molecular formula is C15H23NO4. The lowest BCUT2D eigenvalue weighted by Crippen LogP contribution is -2.56. The van der Waals surface area contributed by atoms with Gasteiger partial charge in [-0.25, -0.2) is 4.79 Å². The van der Waals surface area contributed by atoms with Gasteiger partial charge in [-0.3, -0.25) is 4.79 Å². The second-order valence-corrected chi connectivity index (χ2v) is 5.21. The molecule has 112 valence electrons. The summed E-state index contributed by atoms with van der Waals surface area (Å²) in [6, 6.07) is 3.60. The third kappa shape index (κ3) is 4.11. The molecule has 0 saturated carbocycles. The third-order valence-electron chi connectivity index (χ3n) is 3.43. The number of ether oxygens (including phenoxy) is 1. The van der Waals surface area contributed by atoms with Gasteiger partial charge in [0.05, 0.1) is 12.9 Å². The minimum atomic E-state index is -1.00. The van der Waals surface area contributed by atoms with Crippen molar-refractivity contribution in [3.63, 3.8) is 0 Å². The fraction of sp³-hybridized carbons (Fsp3) is 0.600. The molecule has 0 bridgehead atoms. The number of hydrogen-bond donors (Lipinski definition) is 1. The molecule has 0 unspecified atom stereocenters. The second kappa shape index (κ2) is 7.12. The van der Waals surface area contributed by atoms with Crippen molar-refractivity contribution in [2.45, 2.75) is 46.1 Å². The highest BCUT2D eigenvalue weighted by Crippen LogP contribution is 2.19. The molecule has 0 saturated heterocycles. The molecule has 0 spiro atoms. The molecule has 20 heavy (non-hydrogen) atoms. The van der Waals surface area contributed by atoms with Crippen LogP contribution in [0, 0.1) is 5.92 Å². The van der Waals surface area contributed by atoms with Gasteiger partial charge < -0.3 is 14.5 Å². The summed E-state index contributed by atoms with van der Waals surface area (Å²) < 4.78 is 10.2. The molecule has 0 fully saturated rings. The van der Waals surface area contributed by atoms with Crippen molar-refractivity contribution >= 4 is 11.9 Å². The highest BCUT2D eigenvalue weighted by Gasteiger charge is 2.39. The largest absolute Gasteiger partial charge is 0.469 e. The standard InChI is InChI=1S/C15H23NO4/c1-5-19-14(18)15(4,11(2)3)16-13(17)9-8-12-7-6-10-20-12/h6-7,10-11H,5,8-9H2,1-4H3,(H,16,17)/t15-/m0/s1. The van der Waals surface area contributed by atoms with E-state index in [2.05, 4.69) is 5.32 Å².